The summed E-state index contributed by atoms with van der Waals surface area (Å²) in [5.74, 6) is 1.82. The summed E-state index contributed by atoms with van der Waals surface area (Å²) in [5.41, 5.74) is 7.15. The molecule has 80 valence electrons. The fourth-order valence-electron chi connectivity index (χ4n) is 1.65. The molecular weight excluding hydrogens is 190 g/mol. The van der Waals surface area contributed by atoms with Crippen LogP contribution >= 0.6 is 0 Å². The normalized spacial score (nSPS) is 13.0. The third-order valence-electron chi connectivity index (χ3n) is 2.56. The van der Waals surface area contributed by atoms with Crippen LogP contribution in [0.3, 0.4) is 0 Å². The van der Waals surface area contributed by atoms with Gasteiger partial charge in [0.2, 0.25) is 0 Å². The molecule has 2 rings (SSSR count). The van der Waals surface area contributed by atoms with Gasteiger partial charge in [0.05, 0.1) is 12.3 Å². The van der Waals surface area contributed by atoms with E-state index in [0.29, 0.717) is 6.42 Å². The molecule has 0 bridgehead atoms. The minimum Gasteiger partial charge on any atom is -0.467 e. The zero-order chi connectivity index (χ0) is 10.8. The van der Waals surface area contributed by atoms with Crippen LogP contribution in [-0.2, 0) is 13.5 Å². The molecule has 15 heavy (non-hydrogen) atoms. The topological polar surface area (TPSA) is 57.0 Å². The van der Waals surface area contributed by atoms with Gasteiger partial charge in [0, 0.05) is 25.9 Å². The summed E-state index contributed by atoms with van der Waals surface area (Å²) in [5, 5.41) is 0. The van der Waals surface area contributed by atoms with Crippen molar-refractivity contribution in [2.45, 2.75) is 19.4 Å². The largest absolute Gasteiger partial charge is 0.467 e. The Bertz CT molecular complexity index is 444. The summed E-state index contributed by atoms with van der Waals surface area (Å²) in [4.78, 5) is 4.24. The first-order valence-electron chi connectivity index (χ1n) is 4.94. The fraction of sp³-hybridized carbons (Fsp3) is 0.364. The number of hydrogen-bond acceptors (Lipinski definition) is 3. The highest BCUT2D eigenvalue weighted by molar-refractivity contribution is 5.18. The molecule has 1 unspecified atom stereocenters. The van der Waals surface area contributed by atoms with Gasteiger partial charge in [-0.05, 0) is 18.6 Å². The number of hydrogen-bond donors (Lipinski definition) is 1. The third-order valence-corrected chi connectivity index (χ3v) is 2.56. The number of imidazole rings is 1. The second-order valence-electron chi connectivity index (χ2n) is 3.73. The fourth-order valence-corrected chi connectivity index (χ4v) is 1.65. The van der Waals surface area contributed by atoms with Crippen LogP contribution in [0.1, 0.15) is 23.2 Å². The maximum Gasteiger partial charge on any atom is 0.123 e. The zero-order valence-corrected chi connectivity index (χ0v) is 8.97. The SMILES string of the molecule is Cc1ccoc1C(N)Cc1nccn1C. The van der Waals surface area contributed by atoms with E-state index >= 15 is 0 Å². The van der Waals surface area contributed by atoms with Gasteiger partial charge in [0.1, 0.15) is 11.6 Å². The lowest BCUT2D eigenvalue weighted by Gasteiger charge is -2.09. The molecule has 0 radical (unpaired) electrons. The summed E-state index contributed by atoms with van der Waals surface area (Å²) in [7, 11) is 1.96. The molecule has 0 saturated heterocycles. The van der Waals surface area contributed by atoms with Crippen LogP contribution in [0.25, 0.3) is 0 Å². The van der Waals surface area contributed by atoms with Crippen LogP contribution in [0, 0.1) is 6.92 Å². The number of nitrogens with zero attached hydrogens (tertiary/aromatic N) is 2. The molecule has 1 atom stereocenters. The molecule has 0 spiro atoms. The van der Waals surface area contributed by atoms with Crippen LogP contribution in [-0.4, -0.2) is 9.55 Å². The molecular formula is C11H15N3O. The molecule has 0 fully saturated rings. The van der Waals surface area contributed by atoms with Crippen LogP contribution in [0.4, 0.5) is 0 Å². The quantitative estimate of drug-likeness (QED) is 0.827. The summed E-state index contributed by atoms with van der Waals surface area (Å²) in [6, 6.07) is 1.80. The van der Waals surface area contributed by atoms with Gasteiger partial charge in [-0.2, -0.15) is 0 Å². The number of aromatic nitrogens is 2. The van der Waals surface area contributed by atoms with Crippen LogP contribution in [0.5, 0.6) is 0 Å². The lowest BCUT2D eigenvalue weighted by Crippen LogP contribution is -2.15. The first-order chi connectivity index (χ1) is 7.18. The van der Waals surface area contributed by atoms with E-state index in [1.165, 1.54) is 0 Å². The highest BCUT2D eigenvalue weighted by Gasteiger charge is 2.14. The first-order valence-corrected chi connectivity index (χ1v) is 4.94. The Morgan fingerprint density at radius 3 is 2.93 bits per heavy atom. The summed E-state index contributed by atoms with van der Waals surface area (Å²) in [6.07, 6.45) is 6.05. The van der Waals surface area contributed by atoms with E-state index in [0.717, 1.165) is 17.1 Å². The lowest BCUT2D eigenvalue weighted by atomic mass is 10.1. The molecule has 0 aromatic carbocycles. The molecule has 2 aromatic rings. The molecule has 0 aliphatic heterocycles. The highest BCUT2D eigenvalue weighted by atomic mass is 16.3. The molecule has 0 saturated carbocycles. The van der Waals surface area contributed by atoms with E-state index in [2.05, 4.69) is 4.98 Å². The van der Waals surface area contributed by atoms with E-state index in [1.807, 2.05) is 30.8 Å². The molecule has 4 nitrogen and oxygen atoms in total. The second-order valence-corrected chi connectivity index (χ2v) is 3.73. The van der Waals surface area contributed by atoms with E-state index in [9.17, 15) is 0 Å². The maximum absolute atomic E-state index is 6.05. The first kappa shape index (κ1) is 9.98. The summed E-state index contributed by atoms with van der Waals surface area (Å²) < 4.78 is 7.32. The van der Waals surface area contributed by atoms with Crippen molar-refractivity contribution in [1.82, 2.24) is 9.55 Å². The van der Waals surface area contributed by atoms with Gasteiger partial charge >= 0.3 is 0 Å². The molecule has 2 aromatic heterocycles. The van der Waals surface area contributed by atoms with Crippen molar-refractivity contribution in [2.75, 3.05) is 0 Å². The minimum absolute atomic E-state index is 0.124. The second kappa shape index (κ2) is 3.90. The monoisotopic (exact) mass is 205 g/mol. The minimum atomic E-state index is -0.124. The number of furan rings is 1. The molecule has 4 heteroatoms. The van der Waals surface area contributed by atoms with Crippen LogP contribution < -0.4 is 5.73 Å². The number of aryl methyl sites for hydroxylation is 2. The Labute approximate surface area is 88.7 Å². The van der Waals surface area contributed by atoms with E-state index < -0.39 is 0 Å². The predicted octanol–water partition coefficient (Wildman–Crippen LogP) is 1.56. The van der Waals surface area contributed by atoms with Gasteiger partial charge in [-0.15, -0.1) is 0 Å². The zero-order valence-electron chi connectivity index (χ0n) is 8.97. The molecule has 0 amide bonds. The lowest BCUT2D eigenvalue weighted by molar-refractivity contribution is 0.455. The van der Waals surface area contributed by atoms with Crippen molar-refractivity contribution in [3.8, 4) is 0 Å². The molecule has 2 heterocycles. The van der Waals surface area contributed by atoms with E-state index in [4.69, 9.17) is 10.2 Å². The Hall–Kier alpha value is -1.55. The van der Waals surface area contributed by atoms with E-state index in [1.54, 1.807) is 12.5 Å². The van der Waals surface area contributed by atoms with Crippen molar-refractivity contribution in [3.05, 3.63) is 41.9 Å². The van der Waals surface area contributed by atoms with Gasteiger partial charge in [0.15, 0.2) is 0 Å². The van der Waals surface area contributed by atoms with Crippen molar-refractivity contribution < 1.29 is 4.42 Å². The Morgan fingerprint density at radius 2 is 2.40 bits per heavy atom. The van der Waals surface area contributed by atoms with Crippen LogP contribution in [0.15, 0.2) is 29.1 Å². The number of nitrogens with two attached hydrogens (primary N) is 1. The Morgan fingerprint density at radius 1 is 1.60 bits per heavy atom. The van der Waals surface area contributed by atoms with Crippen molar-refractivity contribution in [3.63, 3.8) is 0 Å². The number of rotatable bonds is 3. The Kier molecular flexibility index (Phi) is 2.60. The molecule has 0 aliphatic rings. The average molecular weight is 205 g/mol. The van der Waals surface area contributed by atoms with Gasteiger partial charge < -0.3 is 14.7 Å². The summed E-state index contributed by atoms with van der Waals surface area (Å²) >= 11 is 0. The average Bonchev–Trinajstić information content (AvgIpc) is 2.76. The molecule has 2 N–H and O–H groups in total. The van der Waals surface area contributed by atoms with Gasteiger partial charge in [-0.3, -0.25) is 0 Å². The van der Waals surface area contributed by atoms with Gasteiger partial charge in [-0.25, -0.2) is 4.98 Å². The highest BCUT2D eigenvalue weighted by Crippen LogP contribution is 2.19. The summed E-state index contributed by atoms with van der Waals surface area (Å²) in [6.45, 7) is 2.00. The van der Waals surface area contributed by atoms with Crippen molar-refractivity contribution in [2.24, 2.45) is 12.8 Å². The van der Waals surface area contributed by atoms with Crippen molar-refractivity contribution >= 4 is 0 Å². The maximum atomic E-state index is 6.05. The smallest absolute Gasteiger partial charge is 0.123 e. The Balaban J connectivity index is 2.14. The predicted molar refractivity (Wildman–Crippen MR) is 57.3 cm³/mol. The standard InChI is InChI=1S/C11H15N3O/c1-8-3-6-15-11(8)9(12)7-10-13-4-5-14(10)2/h3-6,9H,7,12H2,1-2H3. The molecule has 0 aliphatic carbocycles. The van der Waals surface area contributed by atoms with Crippen LogP contribution in [0.2, 0.25) is 0 Å². The van der Waals surface area contributed by atoms with Gasteiger partial charge in [-0.1, -0.05) is 0 Å². The van der Waals surface area contributed by atoms with Gasteiger partial charge in [0.25, 0.3) is 0 Å². The van der Waals surface area contributed by atoms with Crippen molar-refractivity contribution in [1.29, 1.82) is 0 Å². The third kappa shape index (κ3) is 1.94. The van der Waals surface area contributed by atoms with E-state index in [-0.39, 0.29) is 6.04 Å².